The summed E-state index contributed by atoms with van der Waals surface area (Å²) in [6, 6.07) is 11.4. The Bertz CT molecular complexity index is 1490. The molecule has 1 saturated carbocycles. The minimum absolute atomic E-state index is 0.134. The highest BCUT2D eigenvalue weighted by Gasteiger charge is 2.29. The third kappa shape index (κ3) is 4.62. The number of rotatable bonds is 8. The minimum atomic E-state index is -3.77. The van der Waals surface area contributed by atoms with Crippen molar-refractivity contribution < 1.29 is 17.5 Å². The van der Waals surface area contributed by atoms with Crippen molar-refractivity contribution in [2.75, 3.05) is 6.61 Å². The summed E-state index contributed by atoms with van der Waals surface area (Å²) in [5.74, 6) is 0.278. The van der Waals surface area contributed by atoms with Crippen molar-refractivity contribution in [1.29, 1.82) is 0 Å². The van der Waals surface area contributed by atoms with Crippen LogP contribution in [-0.4, -0.2) is 40.6 Å². The van der Waals surface area contributed by atoms with Crippen LogP contribution < -0.4 is 9.46 Å². The van der Waals surface area contributed by atoms with E-state index in [2.05, 4.69) is 14.9 Å². The van der Waals surface area contributed by atoms with E-state index in [1.165, 1.54) is 12.1 Å². The second kappa shape index (κ2) is 9.67. The number of halogens is 1. The van der Waals surface area contributed by atoms with Crippen LogP contribution in [0.25, 0.3) is 16.6 Å². The van der Waals surface area contributed by atoms with E-state index in [0.29, 0.717) is 17.1 Å². The maximum absolute atomic E-state index is 13.3. The van der Waals surface area contributed by atoms with E-state index in [-0.39, 0.29) is 23.4 Å². The molecular formula is C26H30FN5O3S. The van der Waals surface area contributed by atoms with Crippen LogP contribution in [0.3, 0.4) is 0 Å². The monoisotopic (exact) mass is 511 g/mol. The molecule has 36 heavy (non-hydrogen) atoms. The number of aromatic nitrogens is 4. The molecule has 1 N–H and O–H groups in total. The fourth-order valence-corrected chi connectivity index (χ4v) is 6.68. The topological polar surface area (TPSA) is 91.0 Å². The van der Waals surface area contributed by atoms with Crippen molar-refractivity contribution >= 4 is 20.9 Å². The van der Waals surface area contributed by atoms with Crippen LogP contribution in [0.15, 0.2) is 53.6 Å². The van der Waals surface area contributed by atoms with Crippen LogP contribution in [0.2, 0.25) is 0 Å². The van der Waals surface area contributed by atoms with Gasteiger partial charge in [-0.3, -0.25) is 4.68 Å². The van der Waals surface area contributed by atoms with E-state index in [1.807, 2.05) is 29.8 Å². The Morgan fingerprint density at radius 2 is 1.86 bits per heavy atom. The molecule has 0 spiro atoms. The number of nitrogens with zero attached hydrogens (tertiary/aromatic N) is 4. The van der Waals surface area contributed by atoms with Gasteiger partial charge in [0.05, 0.1) is 46.3 Å². The van der Waals surface area contributed by atoms with Crippen LogP contribution in [-0.2, 0) is 10.0 Å². The van der Waals surface area contributed by atoms with Crippen molar-refractivity contribution in [3.8, 4) is 11.4 Å². The summed E-state index contributed by atoms with van der Waals surface area (Å²) < 4.78 is 52.2. The van der Waals surface area contributed by atoms with Gasteiger partial charge >= 0.3 is 0 Å². The first kappa shape index (κ1) is 24.5. The summed E-state index contributed by atoms with van der Waals surface area (Å²) >= 11 is 0. The predicted octanol–water partition coefficient (Wildman–Crippen LogP) is 4.84. The number of fused-ring (bicyclic) bond motifs is 1. The zero-order chi connectivity index (χ0) is 25.4. The van der Waals surface area contributed by atoms with Crippen molar-refractivity contribution in [2.24, 2.45) is 0 Å². The normalized spacial score (nSPS) is 15.6. The third-order valence-corrected chi connectivity index (χ3v) is 8.53. The Hall–Kier alpha value is -3.24. The number of sulfonamides is 1. The molecule has 0 saturated heterocycles. The second-order valence-corrected chi connectivity index (χ2v) is 11.1. The van der Waals surface area contributed by atoms with Gasteiger partial charge in [0.1, 0.15) is 23.1 Å². The van der Waals surface area contributed by atoms with E-state index in [4.69, 9.17) is 4.74 Å². The molecule has 0 unspecified atom stereocenters. The van der Waals surface area contributed by atoms with Crippen molar-refractivity contribution in [1.82, 2.24) is 24.3 Å². The standard InChI is InChI=1S/C26H30FN5O3S/c1-17(30-36(33,34)26-18(2)29-31(19(26)3)21-7-4-5-8-21)16-35-25-10-6-9-24-23(25)15-28-32(24)22-13-11-20(27)12-14-22/h6,9-15,17,21,30H,4-5,7-8,16H2,1-3H3/t17-/m0/s1. The molecule has 1 aliphatic carbocycles. The van der Waals surface area contributed by atoms with Gasteiger partial charge in [-0.05, 0) is 70.0 Å². The van der Waals surface area contributed by atoms with E-state index >= 15 is 0 Å². The molecule has 4 aromatic rings. The highest BCUT2D eigenvalue weighted by molar-refractivity contribution is 7.89. The van der Waals surface area contributed by atoms with Crippen molar-refractivity contribution in [3.05, 3.63) is 65.9 Å². The van der Waals surface area contributed by atoms with Gasteiger partial charge in [-0.1, -0.05) is 18.9 Å². The smallest absolute Gasteiger partial charge is 0.244 e. The zero-order valence-electron chi connectivity index (χ0n) is 20.6. The lowest BCUT2D eigenvalue weighted by Gasteiger charge is -2.17. The molecule has 10 heteroatoms. The maximum Gasteiger partial charge on any atom is 0.244 e. The van der Waals surface area contributed by atoms with Crippen LogP contribution >= 0.6 is 0 Å². The molecular weight excluding hydrogens is 481 g/mol. The molecule has 190 valence electrons. The van der Waals surface area contributed by atoms with Crippen molar-refractivity contribution in [3.63, 3.8) is 0 Å². The lowest BCUT2D eigenvalue weighted by Crippen LogP contribution is -2.37. The summed E-state index contributed by atoms with van der Waals surface area (Å²) in [6.45, 7) is 5.47. The van der Waals surface area contributed by atoms with Gasteiger partial charge in [-0.25, -0.2) is 22.2 Å². The van der Waals surface area contributed by atoms with Crippen molar-refractivity contribution in [2.45, 2.75) is 63.4 Å². The number of aryl methyl sites for hydroxylation is 1. The van der Waals surface area contributed by atoms with Gasteiger partial charge < -0.3 is 4.74 Å². The SMILES string of the molecule is Cc1nn(C2CCCC2)c(C)c1S(=O)(=O)N[C@@H](C)COc1cccc2c1cnn2-c1ccc(F)cc1. The van der Waals surface area contributed by atoms with Crippen LogP contribution in [0, 0.1) is 19.7 Å². The molecule has 1 atom stereocenters. The van der Waals surface area contributed by atoms with Crippen LogP contribution in [0.4, 0.5) is 4.39 Å². The maximum atomic E-state index is 13.3. The fourth-order valence-electron chi connectivity index (χ4n) is 5.05. The van der Waals surface area contributed by atoms with Gasteiger partial charge in [0.2, 0.25) is 10.0 Å². The van der Waals surface area contributed by atoms with Crippen LogP contribution in [0.5, 0.6) is 5.75 Å². The molecule has 0 bridgehead atoms. The number of hydrogen-bond donors (Lipinski definition) is 1. The van der Waals surface area contributed by atoms with Crippen LogP contribution in [0.1, 0.15) is 50.0 Å². The van der Waals surface area contributed by atoms with E-state index in [9.17, 15) is 12.8 Å². The van der Waals surface area contributed by atoms with E-state index in [0.717, 1.165) is 42.3 Å². The first-order valence-corrected chi connectivity index (χ1v) is 13.7. The minimum Gasteiger partial charge on any atom is -0.491 e. The first-order chi connectivity index (χ1) is 17.2. The summed E-state index contributed by atoms with van der Waals surface area (Å²) in [5, 5.41) is 9.77. The fraction of sp³-hybridized carbons (Fsp3) is 0.385. The lowest BCUT2D eigenvalue weighted by molar-refractivity contribution is 0.290. The number of nitrogens with one attached hydrogen (secondary N) is 1. The highest BCUT2D eigenvalue weighted by Crippen LogP contribution is 2.33. The van der Waals surface area contributed by atoms with E-state index < -0.39 is 16.1 Å². The number of hydrogen-bond acceptors (Lipinski definition) is 5. The molecule has 2 aromatic carbocycles. The molecule has 1 fully saturated rings. The summed E-state index contributed by atoms with van der Waals surface area (Å²) in [4.78, 5) is 0.254. The first-order valence-electron chi connectivity index (χ1n) is 12.2. The van der Waals surface area contributed by atoms with Gasteiger partial charge in [0.25, 0.3) is 0 Å². The molecule has 5 rings (SSSR count). The molecule has 2 heterocycles. The molecule has 8 nitrogen and oxygen atoms in total. The largest absolute Gasteiger partial charge is 0.491 e. The predicted molar refractivity (Wildman–Crippen MR) is 136 cm³/mol. The zero-order valence-corrected chi connectivity index (χ0v) is 21.4. The quantitative estimate of drug-likeness (QED) is 0.366. The second-order valence-electron chi connectivity index (χ2n) is 9.44. The Balaban J connectivity index is 1.31. The Morgan fingerprint density at radius 3 is 2.58 bits per heavy atom. The summed E-state index contributed by atoms with van der Waals surface area (Å²) in [5.41, 5.74) is 2.72. The van der Waals surface area contributed by atoms with Gasteiger partial charge in [0.15, 0.2) is 0 Å². The third-order valence-electron chi connectivity index (χ3n) is 6.69. The Morgan fingerprint density at radius 1 is 1.14 bits per heavy atom. The molecule has 2 aromatic heterocycles. The molecule has 0 amide bonds. The van der Waals surface area contributed by atoms with E-state index in [1.54, 1.807) is 36.9 Å². The van der Waals surface area contributed by atoms with Gasteiger partial charge in [-0.15, -0.1) is 0 Å². The molecule has 0 radical (unpaired) electrons. The number of ether oxygens (including phenoxy) is 1. The lowest BCUT2D eigenvalue weighted by atomic mass is 10.2. The Labute approximate surface area is 210 Å². The average Bonchev–Trinajstić information content (AvgIpc) is 3.57. The van der Waals surface area contributed by atoms with Gasteiger partial charge in [0, 0.05) is 0 Å². The molecule has 0 aliphatic heterocycles. The van der Waals surface area contributed by atoms with Gasteiger partial charge in [-0.2, -0.15) is 10.2 Å². The summed E-state index contributed by atoms with van der Waals surface area (Å²) in [7, 11) is -3.77. The summed E-state index contributed by atoms with van der Waals surface area (Å²) in [6.07, 6.45) is 6.04. The average molecular weight is 512 g/mol. The number of benzene rings is 2. The Kier molecular flexibility index (Phi) is 6.57. The molecule has 1 aliphatic rings. The highest BCUT2D eigenvalue weighted by atomic mass is 32.2.